The molecule has 0 bridgehead atoms. The molecule has 1 aliphatic heterocycles. The molecule has 10 nitrogen and oxygen atoms in total. The number of halogens is 1. The van der Waals surface area contributed by atoms with E-state index in [0.29, 0.717) is 42.8 Å². The molecule has 4 rings (SSSR count). The molecule has 3 aromatic rings. The molecule has 1 amide bonds. The third-order valence-electron chi connectivity index (χ3n) is 4.82. The van der Waals surface area contributed by atoms with Gasteiger partial charge in [-0.3, -0.25) is 18.9 Å². The smallest absolute Gasteiger partial charge is 0.407 e. The summed E-state index contributed by atoms with van der Waals surface area (Å²) in [5.74, 6) is 0.423. The summed E-state index contributed by atoms with van der Waals surface area (Å²) in [7, 11) is 1.38. The second-order valence-corrected chi connectivity index (χ2v) is 6.85. The van der Waals surface area contributed by atoms with Gasteiger partial charge in [0.05, 0.1) is 10.7 Å². The van der Waals surface area contributed by atoms with Crippen molar-refractivity contribution in [3.63, 3.8) is 0 Å². The highest BCUT2D eigenvalue weighted by Crippen LogP contribution is 2.29. The zero-order valence-electron chi connectivity index (χ0n) is 14.9. The number of imidazole rings is 1. The van der Waals surface area contributed by atoms with Crippen LogP contribution in [0.5, 0.6) is 0 Å². The van der Waals surface area contributed by atoms with Crippen LogP contribution in [0.15, 0.2) is 33.9 Å². The number of nitrogens with zero attached hydrogens (tertiary/aromatic N) is 5. The minimum Gasteiger partial charge on any atom is -0.465 e. The van der Waals surface area contributed by atoms with E-state index in [1.54, 1.807) is 28.8 Å². The predicted molar refractivity (Wildman–Crippen MR) is 104 cm³/mol. The Bertz CT molecular complexity index is 1190. The number of para-hydroxylation sites is 1. The van der Waals surface area contributed by atoms with Gasteiger partial charge in [-0.05, 0) is 12.1 Å². The van der Waals surface area contributed by atoms with Gasteiger partial charge in [0.2, 0.25) is 5.95 Å². The lowest BCUT2D eigenvalue weighted by Gasteiger charge is -2.34. The second-order valence-electron chi connectivity index (χ2n) is 6.45. The maximum absolute atomic E-state index is 12.8. The number of H-pyrrole nitrogens is 1. The first kappa shape index (κ1) is 18.1. The number of piperazine rings is 1. The van der Waals surface area contributed by atoms with Crippen molar-refractivity contribution in [1.82, 2.24) is 24.0 Å². The van der Waals surface area contributed by atoms with E-state index in [1.165, 1.54) is 11.9 Å². The van der Waals surface area contributed by atoms with Crippen LogP contribution in [0.2, 0.25) is 5.02 Å². The van der Waals surface area contributed by atoms with E-state index >= 15 is 0 Å². The fourth-order valence-electron chi connectivity index (χ4n) is 3.30. The van der Waals surface area contributed by atoms with Crippen molar-refractivity contribution in [2.45, 2.75) is 0 Å². The average Bonchev–Trinajstić information content (AvgIpc) is 3.05. The van der Waals surface area contributed by atoms with Crippen LogP contribution in [0, 0.1) is 0 Å². The number of hydrogen-bond acceptors (Lipinski definition) is 5. The van der Waals surface area contributed by atoms with Gasteiger partial charge in [-0.15, -0.1) is 0 Å². The van der Waals surface area contributed by atoms with Gasteiger partial charge in [-0.25, -0.2) is 9.59 Å². The number of hydrogen-bond donors (Lipinski definition) is 2. The topological polar surface area (TPSA) is 116 Å². The van der Waals surface area contributed by atoms with E-state index in [-0.39, 0.29) is 11.2 Å². The summed E-state index contributed by atoms with van der Waals surface area (Å²) in [6.07, 6.45) is -0.975. The lowest BCUT2D eigenvalue weighted by atomic mass is 10.3. The Labute approximate surface area is 163 Å². The first-order chi connectivity index (χ1) is 13.4. The van der Waals surface area contributed by atoms with Crippen molar-refractivity contribution >= 4 is 34.8 Å². The predicted octanol–water partition coefficient (Wildman–Crippen LogP) is 0.866. The fourth-order valence-corrected chi connectivity index (χ4v) is 3.52. The fraction of sp³-hybridized carbons (Fsp3) is 0.294. The third-order valence-corrected chi connectivity index (χ3v) is 5.14. The molecule has 3 heterocycles. The Morgan fingerprint density at radius 1 is 1.18 bits per heavy atom. The summed E-state index contributed by atoms with van der Waals surface area (Å²) in [6.45, 7) is 1.39. The molecule has 0 atom stereocenters. The van der Waals surface area contributed by atoms with Crippen molar-refractivity contribution in [2.75, 3.05) is 31.1 Å². The largest absolute Gasteiger partial charge is 0.465 e. The highest BCUT2D eigenvalue weighted by Gasteiger charge is 2.27. The van der Waals surface area contributed by atoms with E-state index in [4.69, 9.17) is 16.7 Å². The molecule has 11 heteroatoms. The lowest BCUT2D eigenvalue weighted by molar-refractivity contribution is 0.142. The van der Waals surface area contributed by atoms with Crippen LogP contribution in [-0.2, 0) is 7.05 Å². The summed E-state index contributed by atoms with van der Waals surface area (Å²) < 4.78 is 2.59. The van der Waals surface area contributed by atoms with Crippen LogP contribution in [0.3, 0.4) is 0 Å². The van der Waals surface area contributed by atoms with Gasteiger partial charge < -0.3 is 14.9 Å². The van der Waals surface area contributed by atoms with Crippen molar-refractivity contribution in [1.29, 1.82) is 0 Å². The molecule has 146 valence electrons. The number of amides is 1. The number of anilines is 1. The first-order valence-corrected chi connectivity index (χ1v) is 8.95. The normalized spacial score (nSPS) is 14.6. The average molecular weight is 405 g/mol. The van der Waals surface area contributed by atoms with Crippen LogP contribution >= 0.6 is 11.6 Å². The molecule has 2 N–H and O–H groups in total. The molecular formula is C17H17ClN6O4. The molecule has 0 unspecified atom stereocenters. The van der Waals surface area contributed by atoms with Crippen LogP contribution in [-0.4, -0.2) is 61.4 Å². The van der Waals surface area contributed by atoms with Gasteiger partial charge in [0.15, 0.2) is 11.2 Å². The number of benzene rings is 1. The van der Waals surface area contributed by atoms with Crippen LogP contribution < -0.4 is 16.1 Å². The van der Waals surface area contributed by atoms with Crippen molar-refractivity contribution in [3.8, 4) is 5.69 Å². The molecule has 28 heavy (non-hydrogen) atoms. The second kappa shape index (κ2) is 6.71. The summed E-state index contributed by atoms with van der Waals surface area (Å²) in [5, 5.41) is 9.58. The molecule has 0 spiro atoms. The number of aromatic nitrogens is 4. The van der Waals surface area contributed by atoms with Crippen molar-refractivity contribution in [3.05, 3.63) is 50.1 Å². The summed E-state index contributed by atoms with van der Waals surface area (Å²) in [4.78, 5) is 46.3. The lowest BCUT2D eigenvalue weighted by Crippen LogP contribution is -2.49. The van der Waals surface area contributed by atoms with Crippen LogP contribution in [0.1, 0.15) is 0 Å². The minimum atomic E-state index is -0.975. The molecule has 2 aromatic heterocycles. The molecular weight excluding hydrogens is 388 g/mol. The molecule has 1 aromatic carbocycles. The molecule has 1 fully saturated rings. The molecule has 1 aliphatic rings. The number of rotatable bonds is 2. The highest BCUT2D eigenvalue weighted by molar-refractivity contribution is 6.32. The van der Waals surface area contributed by atoms with Gasteiger partial charge in [0.25, 0.3) is 5.56 Å². The summed E-state index contributed by atoms with van der Waals surface area (Å²) in [5.41, 5.74) is -0.161. The Morgan fingerprint density at radius 3 is 2.50 bits per heavy atom. The molecule has 1 saturated heterocycles. The quantitative estimate of drug-likeness (QED) is 0.654. The Morgan fingerprint density at radius 2 is 1.86 bits per heavy atom. The number of carboxylic acid groups (broad SMARTS) is 1. The Kier molecular flexibility index (Phi) is 4.34. The highest BCUT2D eigenvalue weighted by atomic mass is 35.5. The van der Waals surface area contributed by atoms with Crippen molar-refractivity contribution in [2.24, 2.45) is 7.05 Å². The zero-order chi connectivity index (χ0) is 20.0. The van der Waals surface area contributed by atoms with Gasteiger partial charge >= 0.3 is 11.8 Å². The van der Waals surface area contributed by atoms with Crippen molar-refractivity contribution < 1.29 is 9.90 Å². The van der Waals surface area contributed by atoms with Gasteiger partial charge in [0, 0.05) is 33.2 Å². The summed E-state index contributed by atoms with van der Waals surface area (Å²) >= 11 is 6.38. The molecule has 0 radical (unpaired) electrons. The van der Waals surface area contributed by atoms with E-state index in [0.717, 1.165) is 4.57 Å². The standard InChI is InChI=1S/C17H17ClN6O4/c1-21-14(25)12-13(20-16(21)26)19-15(22-6-8-23(9-7-22)17(27)28)24(12)11-5-3-2-4-10(11)18/h2-5H,6-9H2,1H3,(H,20,26)(H,27,28). The molecule has 0 saturated carbocycles. The van der Waals surface area contributed by atoms with E-state index in [2.05, 4.69) is 9.97 Å². The maximum Gasteiger partial charge on any atom is 0.407 e. The number of nitrogens with one attached hydrogen (secondary N) is 1. The minimum absolute atomic E-state index is 0.156. The SMILES string of the molecule is Cn1c(=O)[nH]c2nc(N3CCN(C(=O)O)CC3)n(-c3ccccc3Cl)c2c1=O. The van der Waals surface area contributed by atoms with Gasteiger partial charge in [0.1, 0.15) is 0 Å². The van der Waals surface area contributed by atoms with Crippen LogP contribution in [0.25, 0.3) is 16.9 Å². The van der Waals surface area contributed by atoms with E-state index in [9.17, 15) is 14.4 Å². The Hall–Kier alpha value is -3.27. The number of carbonyl (C=O) groups is 1. The number of fused-ring (bicyclic) bond motifs is 1. The van der Waals surface area contributed by atoms with Gasteiger partial charge in [-0.2, -0.15) is 4.98 Å². The zero-order valence-corrected chi connectivity index (χ0v) is 15.7. The Balaban J connectivity index is 1.94. The first-order valence-electron chi connectivity index (χ1n) is 8.58. The van der Waals surface area contributed by atoms with E-state index < -0.39 is 17.3 Å². The summed E-state index contributed by atoms with van der Waals surface area (Å²) in [6, 6.07) is 7.02. The molecule has 0 aliphatic carbocycles. The third kappa shape index (κ3) is 2.82. The van der Waals surface area contributed by atoms with Gasteiger partial charge in [-0.1, -0.05) is 23.7 Å². The maximum atomic E-state index is 12.8. The number of aromatic amines is 1. The van der Waals surface area contributed by atoms with E-state index in [1.807, 2.05) is 4.90 Å². The van der Waals surface area contributed by atoms with Crippen LogP contribution in [0.4, 0.5) is 10.7 Å². The monoisotopic (exact) mass is 404 g/mol.